The molecular formula is C43H28O5. The van der Waals surface area contributed by atoms with Crippen molar-refractivity contribution in [3.05, 3.63) is 168 Å². The van der Waals surface area contributed by atoms with Crippen molar-refractivity contribution in [1.29, 1.82) is 0 Å². The lowest BCUT2D eigenvalue weighted by atomic mass is 9.78. The molecule has 48 heavy (non-hydrogen) atoms. The summed E-state index contributed by atoms with van der Waals surface area (Å²) in [4.78, 5) is 0. The summed E-state index contributed by atoms with van der Waals surface area (Å²) in [6, 6.07) is 49.1. The predicted octanol–water partition coefficient (Wildman–Crippen LogP) is 11.4. The molecule has 8 aromatic rings. The van der Waals surface area contributed by atoms with E-state index in [-0.39, 0.29) is 17.4 Å². The smallest absolute Gasteiger partial charge is 0.132 e. The number of aromatic hydroxyl groups is 2. The first kappa shape index (κ1) is 27.8. The number of ether oxygens (including phenoxy) is 3. The highest BCUT2D eigenvalue weighted by Gasteiger charge is 2.32. The molecule has 1 aliphatic rings. The molecule has 5 nitrogen and oxygen atoms in total. The molecule has 5 heteroatoms. The lowest BCUT2D eigenvalue weighted by molar-refractivity contribution is 0.455. The Morgan fingerprint density at radius 2 is 0.875 bits per heavy atom. The third-order valence-corrected chi connectivity index (χ3v) is 9.04. The van der Waals surface area contributed by atoms with Crippen molar-refractivity contribution in [2.75, 3.05) is 0 Å². The van der Waals surface area contributed by atoms with E-state index in [1.54, 1.807) is 48.5 Å². The molecule has 1 heterocycles. The molecular weight excluding hydrogens is 596 g/mol. The first-order valence-electron chi connectivity index (χ1n) is 15.8. The van der Waals surface area contributed by atoms with Gasteiger partial charge in [0.15, 0.2) is 0 Å². The molecule has 2 N–H and O–H groups in total. The topological polar surface area (TPSA) is 68.2 Å². The van der Waals surface area contributed by atoms with Crippen LogP contribution in [0.25, 0.3) is 32.3 Å². The van der Waals surface area contributed by atoms with E-state index in [0.29, 0.717) is 23.0 Å². The van der Waals surface area contributed by atoms with Crippen LogP contribution in [0.3, 0.4) is 0 Å². The summed E-state index contributed by atoms with van der Waals surface area (Å²) < 4.78 is 19.3. The highest BCUT2D eigenvalue weighted by molar-refractivity contribution is 5.96. The summed E-state index contributed by atoms with van der Waals surface area (Å²) in [6.07, 6.45) is 0. The van der Waals surface area contributed by atoms with E-state index in [4.69, 9.17) is 14.2 Å². The Morgan fingerprint density at radius 3 is 1.42 bits per heavy atom. The standard InChI is InChI=1S/C43H28O5/c44-31-11-17-33(18-12-31)46-35-15-7-27-9-21-39-42(37(27)24-35)41(30-6-5-26-3-1-2-4-29(26)23-30)43-38-25-36(47-34-19-13-32(45)14-20-34)16-8-28(38)10-22-40(43)48-39/h1-25,41,44-45H. The van der Waals surface area contributed by atoms with Crippen LogP contribution in [0.4, 0.5) is 0 Å². The fourth-order valence-corrected chi connectivity index (χ4v) is 6.79. The predicted molar refractivity (Wildman–Crippen MR) is 189 cm³/mol. The van der Waals surface area contributed by atoms with Crippen molar-refractivity contribution in [1.82, 2.24) is 0 Å². The minimum atomic E-state index is -0.173. The Bertz CT molecular complexity index is 2360. The fraction of sp³-hybridized carbons (Fsp3) is 0.0233. The molecule has 8 aromatic carbocycles. The molecule has 1 aliphatic heterocycles. The molecule has 0 bridgehead atoms. The molecule has 0 unspecified atom stereocenters. The van der Waals surface area contributed by atoms with Gasteiger partial charge in [0, 0.05) is 17.0 Å². The normalized spacial score (nSPS) is 12.4. The van der Waals surface area contributed by atoms with Gasteiger partial charge in [-0.25, -0.2) is 0 Å². The number of hydrogen-bond acceptors (Lipinski definition) is 5. The Labute approximate surface area is 276 Å². The molecule has 0 aromatic heterocycles. The van der Waals surface area contributed by atoms with Crippen LogP contribution in [0.1, 0.15) is 22.6 Å². The van der Waals surface area contributed by atoms with Crippen molar-refractivity contribution in [3.63, 3.8) is 0 Å². The van der Waals surface area contributed by atoms with Gasteiger partial charge in [-0.1, -0.05) is 66.7 Å². The zero-order valence-electron chi connectivity index (χ0n) is 25.6. The Hall–Kier alpha value is -6.46. The molecule has 230 valence electrons. The van der Waals surface area contributed by atoms with Crippen molar-refractivity contribution in [2.24, 2.45) is 0 Å². The molecule has 9 rings (SSSR count). The van der Waals surface area contributed by atoms with Crippen LogP contribution in [-0.4, -0.2) is 10.2 Å². The first-order valence-corrected chi connectivity index (χ1v) is 15.8. The van der Waals surface area contributed by atoms with Gasteiger partial charge in [0.05, 0.1) is 0 Å². The lowest BCUT2D eigenvalue weighted by Crippen LogP contribution is -2.13. The van der Waals surface area contributed by atoms with Crippen LogP contribution in [-0.2, 0) is 0 Å². The van der Waals surface area contributed by atoms with Gasteiger partial charge in [0.2, 0.25) is 0 Å². The number of rotatable bonds is 5. The molecule has 0 aliphatic carbocycles. The van der Waals surface area contributed by atoms with E-state index in [0.717, 1.165) is 55.1 Å². The number of benzene rings is 8. The van der Waals surface area contributed by atoms with Crippen molar-refractivity contribution >= 4 is 32.3 Å². The van der Waals surface area contributed by atoms with Crippen LogP contribution >= 0.6 is 0 Å². The minimum absolute atomic E-state index is 0.173. The van der Waals surface area contributed by atoms with Gasteiger partial charge in [0.1, 0.15) is 46.0 Å². The fourth-order valence-electron chi connectivity index (χ4n) is 6.79. The van der Waals surface area contributed by atoms with Crippen molar-refractivity contribution < 1.29 is 24.4 Å². The van der Waals surface area contributed by atoms with Gasteiger partial charge in [-0.05, 0) is 123 Å². The van der Waals surface area contributed by atoms with Crippen LogP contribution in [0.2, 0.25) is 0 Å². The lowest BCUT2D eigenvalue weighted by Gasteiger charge is -2.31. The van der Waals surface area contributed by atoms with Gasteiger partial charge in [0.25, 0.3) is 0 Å². The van der Waals surface area contributed by atoms with Crippen LogP contribution in [0.15, 0.2) is 152 Å². The quantitative estimate of drug-likeness (QED) is 0.199. The van der Waals surface area contributed by atoms with Crippen LogP contribution < -0.4 is 14.2 Å². The third kappa shape index (κ3) is 4.89. The highest BCUT2D eigenvalue weighted by atomic mass is 16.5. The average molecular weight is 625 g/mol. The summed E-state index contributed by atoms with van der Waals surface area (Å²) >= 11 is 0. The summed E-state index contributed by atoms with van der Waals surface area (Å²) in [7, 11) is 0. The maximum atomic E-state index is 9.77. The first-order chi connectivity index (χ1) is 23.6. The molecule has 0 amide bonds. The molecule has 0 radical (unpaired) electrons. The van der Waals surface area contributed by atoms with E-state index in [9.17, 15) is 10.2 Å². The number of phenols is 2. The second-order valence-electron chi connectivity index (χ2n) is 12.1. The third-order valence-electron chi connectivity index (χ3n) is 9.04. The largest absolute Gasteiger partial charge is 0.508 e. The molecule has 0 saturated carbocycles. The van der Waals surface area contributed by atoms with Gasteiger partial charge in [-0.3, -0.25) is 0 Å². The zero-order valence-corrected chi connectivity index (χ0v) is 25.6. The molecule has 0 fully saturated rings. The number of phenolic OH excluding ortho intramolecular Hbond substituents is 2. The van der Waals surface area contributed by atoms with E-state index in [2.05, 4.69) is 91.0 Å². The maximum Gasteiger partial charge on any atom is 0.132 e. The van der Waals surface area contributed by atoms with Crippen molar-refractivity contribution in [2.45, 2.75) is 5.92 Å². The van der Waals surface area contributed by atoms with E-state index < -0.39 is 0 Å². The monoisotopic (exact) mass is 624 g/mol. The van der Waals surface area contributed by atoms with Gasteiger partial charge in [-0.2, -0.15) is 0 Å². The zero-order chi connectivity index (χ0) is 32.2. The van der Waals surface area contributed by atoms with Gasteiger partial charge in [-0.15, -0.1) is 0 Å². The summed E-state index contributed by atoms with van der Waals surface area (Å²) in [5, 5.41) is 26.1. The summed E-state index contributed by atoms with van der Waals surface area (Å²) in [6.45, 7) is 0. The van der Waals surface area contributed by atoms with E-state index >= 15 is 0 Å². The van der Waals surface area contributed by atoms with Crippen LogP contribution in [0, 0.1) is 0 Å². The van der Waals surface area contributed by atoms with Gasteiger partial charge < -0.3 is 24.4 Å². The second-order valence-corrected chi connectivity index (χ2v) is 12.1. The van der Waals surface area contributed by atoms with Crippen LogP contribution in [0.5, 0.6) is 46.0 Å². The summed E-state index contributed by atoms with van der Waals surface area (Å²) in [5.74, 6) is 4.44. The maximum absolute atomic E-state index is 9.77. The second kappa shape index (κ2) is 11.1. The average Bonchev–Trinajstić information content (AvgIpc) is 3.12. The Balaban J connectivity index is 1.26. The van der Waals surface area contributed by atoms with E-state index in [1.807, 2.05) is 12.1 Å². The highest BCUT2D eigenvalue weighted by Crippen LogP contribution is 2.53. The van der Waals surface area contributed by atoms with Gasteiger partial charge >= 0.3 is 0 Å². The minimum Gasteiger partial charge on any atom is -0.508 e. The number of hydrogen-bond donors (Lipinski definition) is 2. The molecule has 0 spiro atoms. The van der Waals surface area contributed by atoms with Crippen molar-refractivity contribution in [3.8, 4) is 46.0 Å². The Morgan fingerprint density at radius 1 is 0.417 bits per heavy atom. The Kier molecular flexibility index (Phi) is 6.44. The summed E-state index contributed by atoms with van der Waals surface area (Å²) in [5.41, 5.74) is 3.27. The SMILES string of the molecule is Oc1ccc(Oc2ccc3ccc4c(c3c2)C(c2ccc3ccccc3c2)c2c(ccc3ccc(Oc5ccc(O)cc5)cc23)O4)cc1. The molecule has 0 atom stereocenters. The molecule has 0 saturated heterocycles. The number of fused-ring (bicyclic) bond motifs is 7. The van der Waals surface area contributed by atoms with E-state index in [1.165, 1.54) is 5.39 Å².